The maximum absolute atomic E-state index is 12.8. The second-order valence-corrected chi connectivity index (χ2v) is 5.75. The molecule has 130 valence electrons. The number of ether oxygens (including phenoxy) is 1. The number of alkyl halides is 3. The van der Waals surface area contributed by atoms with E-state index in [9.17, 15) is 13.2 Å². The Bertz CT molecular complexity index is 655. The van der Waals surface area contributed by atoms with E-state index in [0.717, 1.165) is 37.0 Å². The number of hydrogen-bond acceptors (Lipinski definition) is 2. The smallest absolute Gasteiger partial charge is 0.416 e. The van der Waals surface area contributed by atoms with E-state index in [1.54, 1.807) is 6.07 Å². The van der Waals surface area contributed by atoms with E-state index in [0.29, 0.717) is 11.8 Å². The van der Waals surface area contributed by atoms with Crippen molar-refractivity contribution in [2.45, 2.75) is 38.4 Å². The molecule has 2 rings (SSSR count). The molecule has 0 spiro atoms. The Balaban J connectivity index is 2.12. The van der Waals surface area contributed by atoms with Crippen LogP contribution in [0.25, 0.3) is 0 Å². The van der Waals surface area contributed by atoms with Gasteiger partial charge in [-0.2, -0.15) is 13.2 Å². The molecular weight excluding hydrogens is 315 g/mol. The molecule has 0 aromatic heterocycles. The minimum Gasteiger partial charge on any atom is -0.457 e. The van der Waals surface area contributed by atoms with Gasteiger partial charge < -0.3 is 10.1 Å². The summed E-state index contributed by atoms with van der Waals surface area (Å²) in [5, 5.41) is 3.28. The van der Waals surface area contributed by atoms with Crippen molar-refractivity contribution in [1.82, 2.24) is 5.32 Å². The predicted molar refractivity (Wildman–Crippen MR) is 89.4 cm³/mol. The van der Waals surface area contributed by atoms with Crippen molar-refractivity contribution < 1.29 is 17.9 Å². The molecule has 5 heteroatoms. The van der Waals surface area contributed by atoms with Gasteiger partial charge in [-0.05, 0) is 55.8 Å². The summed E-state index contributed by atoms with van der Waals surface area (Å²) in [6.45, 7) is 2.14. The standard InChI is InChI=1S/C19H22F3NO/c1-3-6-16(23-2)11-14-7-4-9-17(12-14)24-18-10-5-8-15(13-18)19(20,21)22/h4-5,7-10,12-13,16,23H,3,6,11H2,1-2H3. The van der Waals surface area contributed by atoms with Crippen molar-refractivity contribution in [3.05, 3.63) is 59.7 Å². The number of likely N-dealkylation sites (N-methyl/N-ethyl adjacent to an activating group) is 1. The lowest BCUT2D eigenvalue weighted by Crippen LogP contribution is -2.27. The zero-order valence-corrected chi connectivity index (χ0v) is 13.9. The lowest BCUT2D eigenvalue weighted by Gasteiger charge is -2.16. The number of halogens is 3. The molecule has 24 heavy (non-hydrogen) atoms. The van der Waals surface area contributed by atoms with Gasteiger partial charge in [-0.15, -0.1) is 0 Å². The largest absolute Gasteiger partial charge is 0.457 e. The summed E-state index contributed by atoms with van der Waals surface area (Å²) >= 11 is 0. The Morgan fingerprint density at radius 1 is 1.04 bits per heavy atom. The SMILES string of the molecule is CCCC(Cc1cccc(Oc2cccc(C(F)(F)F)c2)c1)NC. The molecular formula is C19H22F3NO. The van der Waals surface area contributed by atoms with Crippen molar-refractivity contribution in [3.8, 4) is 11.5 Å². The van der Waals surface area contributed by atoms with Crippen LogP contribution in [0.2, 0.25) is 0 Å². The third-order valence-electron chi connectivity index (χ3n) is 3.82. The molecule has 0 aliphatic rings. The molecule has 0 amide bonds. The van der Waals surface area contributed by atoms with E-state index in [1.165, 1.54) is 12.1 Å². The molecule has 0 bridgehead atoms. The molecule has 0 radical (unpaired) electrons. The second-order valence-electron chi connectivity index (χ2n) is 5.75. The molecule has 2 nitrogen and oxygen atoms in total. The summed E-state index contributed by atoms with van der Waals surface area (Å²) in [6.07, 6.45) is -1.37. The third-order valence-corrected chi connectivity index (χ3v) is 3.82. The summed E-state index contributed by atoms with van der Waals surface area (Å²) in [5.41, 5.74) is 0.377. The molecule has 2 aromatic rings. The van der Waals surface area contributed by atoms with Crippen LogP contribution in [0.1, 0.15) is 30.9 Å². The fourth-order valence-electron chi connectivity index (χ4n) is 2.59. The number of rotatable bonds is 7. The van der Waals surface area contributed by atoms with Gasteiger partial charge in [0.15, 0.2) is 0 Å². The van der Waals surface area contributed by atoms with Crippen LogP contribution in [0.3, 0.4) is 0 Å². The maximum Gasteiger partial charge on any atom is 0.416 e. The number of hydrogen-bond donors (Lipinski definition) is 1. The van der Waals surface area contributed by atoms with Crippen molar-refractivity contribution >= 4 is 0 Å². The normalized spacial score (nSPS) is 12.9. The van der Waals surface area contributed by atoms with Crippen molar-refractivity contribution in [3.63, 3.8) is 0 Å². The summed E-state index contributed by atoms with van der Waals surface area (Å²) in [6, 6.07) is 12.8. The molecule has 0 aliphatic heterocycles. The molecule has 1 N–H and O–H groups in total. The van der Waals surface area contributed by atoms with Gasteiger partial charge in [0, 0.05) is 6.04 Å². The zero-order chi connectivity index (χ0) is 17.6. The monoisotopic (exact) mass is 337 g/mol. The van der Waals surface area contributed by atoms with Crippen LogP contribution in [0, 0.1) is 0 Å². The number of benzene rings is 2. The Kier molecular flexibility index (Phi) is 6.26. The maximum atomic E-state index is 12.8. The first-order valence-electron chi connectivity index (χ1n) is 8.03. The van der Waals surface area contributed by atoms with Crippen LogP contribution < -0.4 is 10.1 Å². The minimum atomic E-state index is -4.37. The number of nitrogens with one attached hydrogen (secondary N) is 1. The van der Waals surface area contributed by atoms with Crippen LogP contribution >= 0.6 is 0 Å². The highest BCUT2D eigenvalue weighted by Crippen LogP contribution is 2.32. The van der Waals surface area contributed by atoms with Crippen LogP contribution in [0.5, 0.6) is 11.5 Å². The molecule has 2 aromatic carbocycles. The highest BCUT2D eigenvalue weighted by Gasteiger charge is 2.30. The van der Waals surface area contributed by atoms with E-state index < -0.39 is 11.7 Å². The Hall–Kier alpha value is -2.01. The van der Waals surface area contributed by atoms with E-state index >= 15 is 0 Å². The topological polar surface area (TPSA) is 21.3 Å². The first-order chi connectivity index (χ1) is 11.4. The van der Waals surface area contributed by atoms with Gasteiger partial charge in [-0.25, -0.2) is 0 Å². The molecule has 0 fully saturated rings. The van der Waals surface area contributed by atoms with Gasteiger partial charge in [0.2, 0.25) is 0 Å². The van der Waals surface area contributed by atoms with Gasteiger partial charge in [0.1, 0.15) is 11.5 Å². The minimum absolute atomic E-state index is 0.181. The van der Waals surface area contributed by atoms with Gasteiger partial charge >= 0.3 is 6.18 Å². The van der Waals surface area contributed by atoms with E-state index in [4.69, 9.17) is 4.74 Å². The zero-order valence-electron chi connectivity index (χ0n) is 13.9. The van der Waals surface area contributed by atoms with E-state index in [1.807, 2.05) is 25.2 Å². The van der Waals surface area contributed by atoms with Crippen LogP contribution in [0.15, 0.2) is 48.5 Å². The average molecular weight is 337 g/mol. The van der Waals surface area contributed by atoms with Gasteiger partial charge in [-0.3, -0.25) is 0 Å². The lowest BCUT2D eigenvalue weighted by atomic mass is 10.0. The quantitative estimate of drug-likeness (QED) is 0.727. The molecule has 1 unspecified atom stereocenters. The fourth-order valence-corrected chi connectivity index (χ4v) is 2.59. The average Bonchev–Trinajstić information content (AvgIpc) is 2.54. The van der Waals surface area contributed by atoms with Gasteiger partial charge in [0.25, 0.3) is 0 Å². The molecule has 0 aliphatic carbocycles. The summed E-state index contributed by atoms with van der Waals surface area (Å²) in [4.78, 5) is 0. The fraction of sp³-hybridized carbons (Fsp3) is 0.368. The van der Waals surface area contributed by atoms with Crippen molar-refractivity contribution in [1.29, 1.82) is 0 Å². The Morgan fingerprint density at radius 2 is 1.71 bits per heavy atom. The van der Waals surface area contributed by atoms with E-state index in [-0.39, 0.29) is 5.75 Å². The van der Waals surface area contributed by atoms with Gasteiger partial charge in [-0.1, -0.05) is 31.5 Å². The van der Waals surface area contributed by atoms with Crippen molar-refractivity contribution in [2.24, 2.45) is 0 Å². The molecule has 1 atom stereocenters. The predicted octanol–water partition coefficient (Wildman–Crippen LogP) is 5.43. The molecule has 0 heterocycles. The highest BCUT2D eigenvalue weighted by atomic mass is 19.4. The van der Waals surface area contributed by atoms with Crippen LogP contribution in [-0.2, 0) is 12.6 Å². The molecule has 0 saturated carbocycles. The third kappa shape index (κ3) is 5.27. The summed E-state index contributed by atoms with van der Waals surface area (Å²) in [7, 11) is 1.93. The summed E-state index contributed by atoms with van der Waals surface area (Å²) < 4.78 is 43.9. The van der Waals surface area contributed by atoms with Gasteiger partial charge in [0.05, 0.1) is 5.56 Å². The second kappa shape index (κ2) is 8.20. The Morgan fingerprint density at radius 3 is 2.33 bits per heavy atom. The Labute approximate surface area is 140 Å². The molecule has 0 saturated heterocycles. The van der Waals surface area contributed by atoms with E-state index in [2.05, 4.69) is 12.2 Å². The summed E-state index contributed by atoms with van der Waals surface area (Å²) in [5.74, 6) is 0.721. The van der Waals surface area contributed by atoms with Crippen LogP contribution in [0.4, 0.5) is 13.2 Å². The van der Waals surface area contributed by atoms with Crippen LogP contribution in [-0.4, -0.2) is 13.1 Å². The van der Waals surface area contributed by atoms with Crippen molar-refractivity contribution in [2.75, 3.05) is 7.05 Å². The first-order valence-corrected chi connectivity index (χ1v) is 8.03. The lowest BCUT2D eigenvalue weighted by molar-refractivity contribution is -0.137. The first kappa shape index (κ1) is 18.3. The highest BCUT2D eigenvalue weighted by molar-refractivity contribution is 5.36.